The van der Waals surface area contributed by atoms with Crippen molar-refractivity contribution >= 4 is 17.3 Å². The zero-order chi connectivity index (χ0) is 13.0. The summed E-state index contributed by atoms with van der Waals surface area (Å²) < 4.78 is 0. The van der Waals surface area contributed by atoms with Crippen molar-refractivity contribution in [2.45, 2.75) is 19.4 Å². The normalized spacial score (nSPS) is 12.1. The number of aromatic amines is 1. The third-order valence-electron chi connectivity index (χ3n) is 2.58. The molecule has 1 aromatic carbocycles. The number of aromatic nitrogens is 2. The second-order valence-electron chi connectivity index (χ2n) is 4.16. The summed E-state index contributed by atoms with van der Waals surface area (Å²) in [6, 6.07) is 10.3. The predicted molar refractivity (Wildman–Crippen MR) is 73.1 cm³/mol. The van der Waals surface area contributed by atoms with E-state index in [4.69, 9.17) is 11.6 Å². The third-order valence-corrected chi connectivity index (χ3v) is 2.96. The Bertz CT molecular complexity index is 568. The number of benzene rings is 1. The van der Waals surface area contributed by atoms with E-state index in [9.17, 15) is 4.79 Å². The van der Waals surface area contributed by atoms with Crippen LogP contribution in [0.25, 0.3) is 0 Å². The number of hydrogen-bond donors (Lipinski definition) is 2. The van der Waals surface area contributed by atoms with Crippen LogP contribution >= 0.6 is 11.6 Å². The van der Waals surface area contributed by atoms with Crippen molar-refractivity contribution < 1.29 is 0 Å². The molecule has 2 N–H and O–H groups in total. The molecule has 0 aliphatic rings. The summed E-state index contributed by atoms with van der Waals surface area (Å²) in [5.74, 6) is 0. The zero-order valence-corrected chi connectivity index (χ0v) is 10.7. The molecule has 18 heavy (non-hydrogen) atoms. The fourth-order valence-corrected chi connectivity index (χ4v) is 1.91. The number of hydrogen-bond acceptors (Lipinski definition) is 3. The van der Waals surface area contributed by atoms with E-state index >= 15 is 0 Å². The summed E-state index contributed by atoms with van der Waals surface area (Å²) in [7, 11) is 0. The fraction of sp³-hybridized carbons (Fsp3) is 0.231. The Labute approximate surface area is 110 Å². The Morgan fingerprint density at radius 3 is 2.83 bits per heavy atom. The molecule has 5 heteroatoms. The van der Waals surface area contributed by atoms with Gasteiger partial charge in [0.25, 0.3) is 5.56 Å². The highest BCUT2D eigenvalue weighted by atomic mass is 35.5. The van der Waals surface area contributed by atoms with Gasteiger partial charge in [0, 0.05) is 6.04 Å². The van der Waals surface area contributed by atoms with E-state index in [0.717, 1.165) is 6.42 Å². The van der Waals surface area contributed by atoms with Gasteiger partial charge in [-0.1, -0.05) is 41.9 Å². The molecule has 0 fully saturated rings. The SMILES string of the molecule is CC(Cc1ccccc1)Nc1cn[nH]c(=O)c1Cl. The van der Waals surface area contributed by atoms with Gasteiger partial charge in [-0.25, -0.2) is 5.10 Å². The molecule has 2 rings (SSSR count). The van der Waals surface area contributed by atoms with Crippen molar-refractivity contribution in [1.82, 2.24) is 10.2 Å². The molecule has 2 aromatic rings. The van der Waals surface area contributed by atoms with Crippen molar-refractivity contribution in [3.8, 4) is 0 Å². The monoisotopic (exact) mass is 263 g/mol. The molecule has 0 radical (unpaired) electrons. The average molecular weight is 264 g/mol. The van der Waals surface area contributed by atoms with Gasteiger partial charge >= 0.3 is 0 Å². The number of nitrogens with one attached hydrogen (secondary N) is 2. The largest absolute Gasteiger partial charge is 0.380 e. The third kappa shape index (κ3) is 3.11. The Balaban J connectivity index is 2.06. The predicted octanol–water partition coefficient (Wildman–Crippen LogP) is 2.47. The van der Waals surface area contributed by atoms with Crippen molar-refractivity contribution in [2.75, 3.05) is 5.32 Å². The smallest absolute Gasteiger partial charge is 0.285 e. The molecule has 0 spiro atoms. The summed E-state index contributed by atoms with van der Waals surface area (Å²) in [6.45, 7) is 2.03. The lowest BCUT2D eigenvalue weighted by atomic mass is 10.1. The topological polar surface area (TPSA) is 57.8 Å². The maximum Gasteiger partial charge on any atom is 0.285 e. The van der Waals surface area contributed by atoms with E-state index in [2.05, 4.69) is 27.6 Å². The van der Waals surface area contributed by atoms with Gasteiger partial charge < -0.3 is 5.32 Å². The molecule has 0 saturated carbocycles. The van der Waals surface area contributed by atoms with Gasteiger partial charge in [-0.05, 0) is 18.9 Å². The van der Waals surface area contributed by atoms with Crippen LogP contribution in [0.1, 0.15) is 12.5 Å². The van der Waals surface area contributed by atoms with Crippen molar-refractivity contribution in [2.24, 2.45) is 0 Å². The van der Waals surface area contributed by atoms with Gasteiger partial charge in [0.05, 0.1) is 11.9 Å². The molecule has 1 unspecified atom stereocenters. The van der Waals surface area contributed by atoms with E-state index in [-0.39, 0.29) is 16.6 Å². The average Bonchev–Trinajstić information content (AvgIpc) is 2.36. The van der Waals surface area contributed by atoms with E-state index in [1.807, 2.05) is 25.1 Å². The van der Waals surface area contributed by atoms with Crippen molar-refractivity contribution in [3.05, 3.63) is 57.5 Å². The van der Waals surface area contributed by atoms with E-state index in [1.165, 1.54) is 11.8 Å². The first-order chi connectivity index (χ1) is 8.66. The van der Waals surface area contributed by atoms with Crippen molar-refractivity contribution in [1.29, 1.82) is 0 Å². The van der Waals surface area contributed by atoms with Crippen LogP contribution in [-0.2, 0) is 6.42 Å². The summed E-state index contributed by atoms with van der Waals surface area (Å²) in [4.78, 5) is 11.3. The maximum atomic E-state index is 11.3. The number of halogens is 1. The molecule has 0 amide bonds. The minimum atomic E-state index is -0.381. The lowest BCUT2D eigenvalue weighted by Crippen LogP contribution is -2.21. The molecule has 0 aliphatic carbocycles. The van der Waals surface area contributed by atoms with E-state index < -0.39 is 0 Å². The molecule has 4 nitrogen and oxygen atoms in total. The second kappa shape index (κ2) is 5.69. The van der Waals surface area contributed by atoms with Crippen LogP contribution in [0.5, 0.6) is 0 Å². The summed E-state index contributed by atoms with van der Waals surface area (Å²) in [6.07, 6.45) is 2.37. The Kier molecular flexibility index (Phi) is 3.99. The van der Waals surface area contributed by atoms with E-state index in [1.54, 1.807) is 0 Å². The highest BCUT2D eigenvalue weighted by Crippen LogP contribution is 2.16. The second-order valence-corrected chi connectivity index (χ2v) is 4.54. The van der Waals surface area contributed by atoms with Gasteiger partial charge in [-0.15, -0.1) is 0 Å². The lowest BCUT2D eigenvalue weighted by Gasteiger charge is -2.15. The summed E-state index contributed by atoms with van der Waals surface area (Å²) in [5, 5.41) is 9.33. The van der Waals surface area contributed by atoms with Crippen LogP contribution in [0, 0.1) is 0 Å². The van der Waals surface area contributed by atoms with Crippen molar-refractivity contribution in [3.63, 3.8) is 0 Å². The van der Waals surface area contributed by atoms with Gasteiger partial charge in [0.1, 0.15) is 5.02 Å². The van der Waals surface area contributed by atoms with Crippen LogP contribution in [0.4, 0.5) is 5.69 Å². The number of anilines is 1. The number of H-pyrrole nitrogens is 1. The lowest BCUT2D eigenvalue weighted by molar-refractivity contribution is 0.787. The highest BCUT2D eigenvalue weighted by Gasteiger charge is 2.08. The van der Waals surface area contributed by atoms with Crippen LogP contribution in [-0.4, -0.2) is 16.2 Å². The first-order valence-corrected chi connectivity index (χ1v) is 6.08. The summed E-state index contributed by atoms with van der Waals surface area (Å²) >= 11 is 5.89. The van der Waals surface area contributed by atoms with Gasteiger partial charge in [0.2, 0.25) is 0 Å². The molecule has 1 heterocycles. The fourth-order valence-electron chi connectivity index (χ4n) is 1.77. The standard InChI is InChI=1S/C13H14ClN3O/c1-9(7-10-5-3-2-4-6-10)16-11-8-15-17-13(18)12(11)14/h2-6,8-9H,7H2,1H3,(H2,16,17,18). The van der Waals surface area contributed by atoms with Gasteiger partial charge in [-0.2, -0.15) is 5.10 Å². The Morgan fingerprint density at radius 2 is 2.11 bits per heavy atom. The molecular formula is C13H14ClN3O. The van der Waals surface area contributed by atoms with E-state index in [0.29, 0.717) is 5.69 Å². The first-order valence-electron chi connectivity index (χ1n) is 5.70. The molecular weight excluding hydrogens is 250 g/mol. The Hall–Kier alpha value is -1.81. The van der Waals surface area contributed by atoms with Crippen LogP contribution < -0.4 is 10.9 Å². The number of nitrogens with zero attached hydrogens (tertiary/aromatic N) is 1. The Morgan fingerprint density at radius 1 is 1.39 bits per heavy atom. The zero-order valence-electron chi connectivity index (χ0n) is 9.98. The summed E-state index contributed by atoms with van der Waals surface area (Å²) in [5.41, 5.74) is 1.41. The minimum Gasteiger partial charge on any atom is -0.380 e. The van der Waals surface area contributed by atoms with Crippen LogP contribution in [0.2, 0.25) is 5.02 Å². The molecule has 1 aromatic heterocycles. The van der Waals surface area contributed by atoms with Gasteiger partial charge in [-0.3, -0.25) is 4.79 Å². The molecule has 0 saturated heterocycles. The van der Waals surface area contributed by atoms with Crippen LogP contribution in [0.3, 0.4) is 0 Å². The quantitative estimate of drug-likeness (QED) is 0.891. The minimum absolute atomic E-state index is 0.143. The van der Waals surface area contributed by atoms with Gasteiger partial charge in [0.15, 0.2) is 0 Å². The maximum absolute atomic E-state index is 11.3. The molecule has 0 aliphatic heterocycles. The first kappa shape index (κ1) is 12.6. The molecule has 0 bridgehead atoms. The number of rotatable bonds is 4. The van der Waals surface area contributed by atoms with Crippen LogP contribution in [0.15, 0.2) is 41.3 Å². The molecule has 1 atom stereocenters. The molecule has 94 valence electrons. The highest BCUT2D eigenvalue weighted by molar-refractivity contribution is 6.32.